The van der Waals surface area contributed by atoms with Crippen LogP contribution in [0.1, 0.15) is 22.7 Å². The molecule has 3 rings (SSSR count). The van der Waals surface area contributed by atoms with Gasteiger partial charge in [0.15, 0.2) is 0 Å². The van der Waals surface area contributed by atoms with Crippen LogP contribution in [-0.4, -0.2) is 10.7 Å². The fraction of sp³-hybridized carbons (Fsp3) is 0.250. The SMILES string of the molecule is O=[N+]([O-])c1cccc(CNC2CSCc3ccccc32)c1. The Kier molecular flexibility index (Phi) is 4.22. The maximum Gasteiger partial charge on any atom is 0.269 e. The lowest BCUT2D eigenvalue weighted by molar-refractivity contribution is -0.384. The lowest BCUT2D eigenvalue weighted by Gasteiger charge is -2.26. The van der Waals surface area contributed by atoms with Gasteiger partial charge in [-0.05, 0) is 16.7 Å². The number of rotatable bonds is 4. The molecular weight excluding hydrogens is 284 g/mol. The maximum atomic E-state index is 10.8. The maximum absolute atomic E-state index is 10.8. The van der Waals surface area contributed by atoms with Crippen LogP contribution in [0.25, 0.3) is 0 Å². The molecule has 1 heterocycles. The van der Waals surface area contributed by atoms with E-state index in [-0.39, 0.29) is 10.6 Å². The number of benzene rings is 2. The monoisotopic (exact) mass is 300 g/mol. The second kappa shape index (κ2) is 6.28. The summed E-state index contributed by atoms with van der Waals surface area (Å²) in [7, 11) is 0. The molecule has 5 heteroatoms. The van der Waals surface area contributed by atoms with E-state index in [2.05, 4.69) is 29.6 Å². The molecule has 1 N–H and O–H groups in total. The average Bonchev–Trinajstić information content (AvgIpc) is 2.53. The highest BCUT2D eigenvalue weighted by atomic mass is 32.2. The van der Waals surface area contributed by atoms with E-state index in [4.69, 9.17) is 0 Å². The Hall–Kier alpha value is -1.85. The number of non-ortho nitro benzene ring substituents is 1. The number of hydrogen-bond donors (Lipinski definition) is 1. The van der Waals surface area contributed by atoms with Gasteiger partial charge in [-0.25, -0.2) is 0 Å². The summed E-state index contributed by atoms with van der Waals surface area (Å²) >= 11 is 1.92. The second-order valence-electron chi connectivity index (χ2n) is 5.07. The topological polar surface area (TPSA) is 55.2 Å². The molecule has 0 fully saturated rings. The number of fused-ring (bicyclic) bond motifs is 1. The highest BCUT2D eigenvalue weighted by Gasteiger charge is 2.19. The van der Waals surface area contributed by atoms with Crippen molar-refractivity contribution in [1.29, 1.82) is 0 Å². The number of hydrogen-bond acceptors (Lipinski definition) is 4. The van der Waals surface area contributed by atoms with Gasteiger partial charge in [-0.2, -0.15) is 11.8 Å². The van der Waals surface area contributed by atoms with E-state index >= 15 is 0 Å². The van der Waals surface area contributed by atoms with Crippen LogP contribution in [0.15, 0.2) is 48.5 Å². The van der Waals surface area contributed by atoms with Gasteiger partial charge in [-0.3, -0.25) is 10.1 Å². The molecule has 0 bridgehead atoms. The van der Waals surface area contributed by atoms with Gasteiger partial charge in [0, 0.05) is 36.2 Å². The van der Waals surface area contributed by atoms with Crippen LogP contribution in [0.3, 0.4) is 0 Å². The molecule has 2 aromatic carbocycles. The first-order valence-electron chi connectivity index (χ1n) is 6.86. The molecule has 2 aromatic rings. The minimum Gasteiger partial charge on any atom is -0.305 e. The van der Waals surface area contributed by atoms with E-state index in [1.165, 1.54) is 17.2 Å². The molecule has 1 unspecified atom stereocenters. The summed E-state index contributed by atoms with van der Waals surface area (Å²) in [5.41, 5.74) is 3.82. The Morgan fingerprint density at radius 2 is 2.10 bits per heavy atom. The van der Waals surface area contributed by atoms with E-state index in [9.17, 15) is 10.1 Å². The van der Waals surface area contributed by atoms with Crippen molar-refractivity contribution >= 4 is 17.4 Å². The van der Waals surface area contributed by atoms with Crippen LogP contribution >= 0.6 is 11.8 Å². The van der Waals surface area contributed by atoms with E-state index in [0.29, 0.717) is 12.6 Å². The number of nitro benzene ring substituents is 1. The number of nitrogens with zero attached hydrogens (tertiary/aromatic N) is 1. The minimum absolute atomic E-state index is 0.146. The van der Waals surface area contributed by atoms with Crippen molar-refractivity contribution in [3.8, 4) is 0 Å². The molecule has 0 radical (unpaired) electrons. The first kappa shape index (κ1) is 14.1. The van der Waals surface area contributed by atoms with E-state index in [1.807, 2.05) is 17.8 Å². The van der Waals surface area contributed by atoms with E-state index < -0.39 is 0 Å². The smallest absolute Gasteiger partial charge is 0.269 e. The summed E-state index contributed by atoms with van der Waals surface area (Å²) < 4.78 is 0. The largest absolute Gasteiger partial charge is 0.305 e. The summed E-state index contributed by atoms with van der Waals surface area (Å²) in [4.78, 5) is 10.5. The van der Waals surface area contributed by atoms with Gasteiger partial charge in [-0.1, -0.05) is 36.4 Å². The van der Waals surface area contributed by atoms with Gasteiger partial charge in [-0.15, -0.1) is 0 Å². The Morgan fingerprint density at radius 1 is 1.24 bits per heavy atom. The predicted molar refractivity (Wildman–Crippen MR) is 85.3 cm³/mol. The number of nitro groups is 1. The van der Waals surface area contributed by atoms with Crippen molar-refractivity contribution in [3.63, 3.8) is 0 Å². The average molecular weight is 300 g/mol. The summed E-state index contributed by atoms with van der Waals surface area (Å²) in [6.45, 7) is 0.640. The number of thioether (sulfide) groups is 1. The van der Waals surface area contributed by atoms with Gasteiger partial charge in [0.1, 0.15) is 0 Å². The quantitative estimate of drug-likeness (QED) is 0.691. The zero-order valence-electron chi connectivity index (χ0n) is 11.5. The van der Waals surface area contributed by atoms with Crippen LogP contribution in [0.5, 0.6) is 0 Å². The van der Waals surface area contributed by atoms with Crippen LogP contribution in [0.4, 0.5) is 5.69 Å². The zero-order chi connectivity index (χ0) is 14.7. The minimum atomic E-state index is -0.352. The van der Waals surface area contributed by atoms with Crippen LogP contribution in [-0.2, 0) is 12.3 Å². The first-order chi connectivity index (χ1) is 10.2. The molecule has 0 saturated carbocycles. The fourth-order valence-corrected chi connectivity index (χ4v) is 3.71. The van der Waals surface area contributed by atoms with Crippen LogP contribution in [0, 0.1) is 10.1 Å². The summed E-state index contributed by atoms with van der Waals surface area (Å²) in [6.07, 6.45) is 0. The molecule has 4 nitrogen and oxygen atoms in total. The summed E-state index contributed by atoms with van der Waals surface area (Å²) in [5.74, 6) is 2.09. The normalized spacial score (nSPS) is 17.2. The molecule has 21 heavy (non-hydrogen) atoms. The van der Waals surface area contributed by atoms with E-state index in [0.717, 1.165) is 17.1 Å². The molecule has 0 amide bonds. The van der Waals surface area contributed by atoms with Crippen molar-refractivity contribution in [2.75, 3.05) is 5.75 Å². The molecule has 1 aliphatic rings. The molecule has 0 aliphatic carbocycles. The van der Waals surface area contributed by atoms with E-state index in [1.54, 1.807) is 12.1 Å². The first-order valence-corrected chi connectivity index (χ1v) is 8.02. The standard InChI is InChI=1S/C16H16N2O2S/c19-18(20)14-6-3-4-12(8-14)9-17-16-11-21-10-13-5-1-2-7-15(13)16/h1-8,16-17H,9-11H2. The van der Waals surface area contributed by atoms with Crippen molar-refractivity contribution in [1.82, 2.24) is 5.32 Å². The third kappa shape index (κ3) is 3.25. The summed E-state index contributed by atoms with van der Waals surface area (Å²) in [5, 5.41) is 14.3. The summed E-state index contributed by atoms with van der Waals surface area (Å²) in [6, 6.07) is 15.6. The van der Waals surface area contributed by atoms with Gasteiger partial charge in [0.2, 0.25) is 0 Å². The highest BCUT2D eigenvalue weighted by molar-refractivity contribution is 7.98. The van der Waals surface area contributed by atoms with Gasteiger partial charge >= 0.3 is 0 Å². The van der Waals surface area contributed by atoms with Crippen LogP contribution < -0.4 is 5.32 Å². The Balaban J connectivity index is 1.71. The van der Waals surface area contributed by atoms with Crippen molar-refractivity contribution in [2.24, 2.45) is 0 Å². The molecule has 0 saturated heterocycles. The fourth-order valence-electron chi connectivity index (χ4n) is 2.57. The molecular formula is C16H16N2O2S. The van der Waals surface area contributed by atoms with Gasteiger partial charge < -0.3 is 5.32 Å². The molecule has 1 atom stereocenters. The van der Waals surface area contributed by atoms with Crippen molar-refractivity contribution < 1.29 is 4.92 Å². The second-order valence-corrected chi connectivity index (χ2v) is 6.10. The Bertz CT molecular complexity index is 660. The van der Waals surface area contributed by atoms with Gasteiger partial charge in [0.05, 0.1) is 4.92 Å². The third-order valence-electron chi connectivity index (χ3n) is 3.65. The highest BCUT2D eigenvalue weighted by Crippen LogP contribution is 2.31. The molecule has 0 aromatic heterocycles. The zero-order valence-corrected chi connectivity index (χ0v) is 12.3. The van der Waals surface area contributed by atoms with Crippen LogP contribution in [0.2, 0.25) is 0 Å². The van der Waals surface area contributed by atoms with Crippen molar-refractivity contribution in [3.05, 3.63) is 75.3 Å². The Morgan fingerprint density at radius 3 is 2.95 bits per heavy atom. The molecule has 1 aliphatic heterocycles. The third-order valence-corrected chi connectivity index (χ3v) is 4.73. The predicted octanol–water partition coefficient (Wildman–Crippen LogP) is 3.67. The van der Waals surface area contributed by atoms with Gasteiger partial charge in [0.25, 0.3) is 5.69 Å². The lowest BCUT2D eigenvalue weighted by Crippen LogP contribution is -2.26. The Labute approximate surface area is 127 Å². The molecule has 108 valence electrons. The number of nitrogens with one attached hydrogen (secondary N) is 1. The van der Waals surface area contributed by atoms with Crippen molar-refractivity contribution in [2.45, 2.75) is 18.3 Å². The molecule has 0 spiro atoms. The lowest BCUT2D eigenvalue weighted by atomic mass is 10.0.